The highest BCUT2D eigenvalue weighted by Gasteiger charge is 2.29. The fraction of sp³-hybridized carbons (Fsp3) is 0.348. The van der Waals surface area contributed by atoms with E-state index in [0.29, 0.717) is 0 Å². The van der Waals surface area contributed by atoms with E-state index >= 15 is 0 Å². The van der Waals surface area contributed by atoms with E-state index in [9.17, 15) is 14.4 Å². The maximum absolute atomic E-state index is 12.3. The summed E-state index contributed by atoms with van der Waals surface area (Å²) in [6.45, 7) is 1.58. The molecule has 2 aromatic carbocycles. The van der Waals surface area contributed by atoms with Gasteiger partial charge in [0.2, 0.25) is 12.0 Å². The van der Waals surface area contributed by atoms with Gasteiger partial charge in [-0.15, -0.1) is 0 Å². The molecular weight excluding hydrogens is 416 g/mol. The quantitative estimate of drug-likeness (QED) is 0.483. The number of carbonyl (C=O) groups is 3. The van der Waals surface area contributed by atoms with Crippen molar-refractivity contribution in [2.45, 2.75) is 31.4 Å². The molecule has 1 aliphatic rings. The number of benzene rings is 2. The number of rotatable bonds is 10. The van der Waals surface area contributed by atoms with Gasteiger partial charge in [-0.2, -0.15) is 0 Å². The zero-order valence-electron chi connectivity index (χ0n) is 17.9. The highest BCUT2D eigenvalue weighted by molar-refractivity contribution is 5.79. The van der Waals surface area contributed by atoms with Gasteiger partial charge in [-0.05, 0) is 29.2 Å². The van der Waals surface area contributed by atoms with Crippen LogP contribution in [0.25, 0.3) is 11.1 Å². The van der Waals surface area contributed by atoms with Crippen molar-refractivity contribution in [2.75, 3.05) is 20.3 Å². The standard InChI is InChI=1S/C23H26N2O7/c1-14(11-21(26)25-32-20(13-30-2)22(27)28)24-23(29)31-12-19-17-9-5-3-7-15(17)16-8-4-6-10-18(16)19/h3-10,14,19-20H,11-13H2,1-2H3,(H,24,29)(H,25,26)(H,27,28). The molecule has 0 fully saturated rings. The molecule has 2 unspecified atom stereocenters. The number of hydrogen-bond donors (Lipinski definition) is 3. The molecular formula is C23H26N2O7. The predicted octanol–water partition coefficient (Wildman–Crippen LogP) is 2.45. The highest BCUT2D eigenvalue weighted by atomic mass is 16.7. The molecule has 0 radical (unpaired) electrons. The van der Waals surface area contributed by atoms with Crippen molar-refractivity contribution in [1.82, 2.24) is 10.8 Å². The number of hydroxylamine groups is 1. The first-order chi connectivity index (χ1) is 15.4. The van der Waals surface area contributed by atoms with Gasteiger partial charge in [-0.3, -0.25) is 9.63 Å². The topological polar surface area (TPSA) is 123 Å². The minimum atomic E-state index is -1.32. The lowest BCUT2D eigenvalue weighted by Gasteiger charge is -2.17. The monoisotopic (exact) mass is 442 g/mol. The van der Waals surface area contributed by atoms with Crippen LogP contribution in [0.4, 0.5) is 4.79 Å². The Bertz CT molecular complexity index is 933. The van der Waals surface area contributed by atoms with Gasteiger partial charge in [-0.25, -0.2) is 15.1 Å². The minimum absolute atomic E-state index is 0.0612. The number of hydrogen-bond acceptors (Lipinski definition) is 6. The largest absolute Gasteiger partial charge is 0.479 e. The van der Waals surface area contributed by atoms with Crippen molar-refractivity contribution in [1.29, 1.82) is 0 Å². The van der Waals surface area contributed by atoms with Gasteiger partial charge in [-0.1, -0.05) is 48.5 Å². The molecule has 170 valence electrons. The Morgan fingerprint density at radius 3 is 2.19 bits per heavy atom. The fourth-order valence-electron chi connectivity index (χ4n) is 3.66. The van der Waals surface area contributed by atoms with E-state index < -0.39 is 30.1 Å². The van der Waals surface area contributed by atoms with Crippen molar-refractivity contribution in [3.8, 4) is 11.1 Å². The predicted molar refractivity (Wildman–Crippen MR) is 115 cm³/mol. The molecule has 9 nitrogen and oxygen atoms in total. The number of carbonyl (C=O) groups excluding carboxylic acids is 2. The Morgan fingerprint density at radius 1 is 1.03 bits per heavy atom. The van der Waals surface area contributed by atoms with Crippen LogP contribution in [0.5, 0.6) is 0 Å². The number of amides is 2. The third-order valence-corrected chi connectivity index (χ3v) is 5.11. The first kappa shape index (κ1) is 23.2. The second-order valence-corrected chi connectivity index (χ2v) is 7.50. The number of methoxy groups -OCH3 is 1. The number of carboxylic acids is 1. The van der Waals surface area contributed by atoms with Gasteiger partial charge >= 0.3 is 12.1 Å². The molecule has 2 amide bonds. The van der Waals surface area contributed by atoms with Gasteiger partial charge in [0.05, 0.1) is 6.61 Å². The average molecular weight is 442 g/mol. The van der Waals surface area contributed by atoms with E-state index in [-0.39, 0.29) is 25.6 Å². The summed E-state index contributed by atoms with van der Waals surface area (Å²) >= 11 is 0. The molecule has 2 aromatic rings. The van der Waals surface area contributed by atoms with Crippen LogP contribution in [0.2, 0.25) is 0 Å². The zero-order chi connectivity index (χ0) is 23.1. The summed E-state index contributed by atoms with van der Waals surface area (Å²) in [4.78, 5) is 40.0. The summed E-state index contributed by atoms with van der Waals surface area (Å²) < 4.78 is 10.2. The summed E-state index contributed by atoms with van der Waals surface area (Å²) in [6.07, 6.45) is -2.09. The van der Waals surface area contributed by atoms with E-state index in [4.69, 9.17) is 19.4 Å². The van der Waals surface area contributed by atoms with Crippen molar-refractivity contribution in [2.24, 2.45) is 0 Å². The Labute approximate surface area is 185 Å². The lowest BCUT2D eigenvalue weighted by molar-refractivity contribution is -0.165. The average Bonchev–Trinajstić information content (AvgIpc) is 3.08. The summed E-state index contributed by atoms with van der Waals surface area (Å²) in [5.41, 5.74) is 6.54. The van der Waals surface area contributed by atoms with Crippen molar-refractivity contribution >= 4 is 18.0 Å². The van der Waals surface area contributed by atoms with Gasteiger partial charge < -0.3 is 19.9 Å². The summed E-state index contributed by atoms with van der Waals surface area (Å²) in [5.74, 6) is -1.91. The molecule has 2 atom stereocenters. The molecule has 0 saturated heterocycles. The van der Waals surface area contributed by atoms with Crippen LogP contribution in [-0.4, -0.2) is 55.5 Å². The van der Waals surface area contributed by atoms with Crippen LogP contribution >= 0.6 is 0 Å². The number of aliphatic carboxylic acids is 1. The first-order valence-corrected chi connectivity index (χ1v) is 10.2. The van der Waals surface area contributed by atoms with Crippen LogP contribution in [0.3, 0.4) is 0 Å². The first-order valence-electron chi connectivity index (χ1n) is 10.2. The summed E-state index contributed by atoms with van der Waals surface area (Å²) in [6, 6.07) is 15.5. The van der Waals surface area contributed by atoms with Gasteiger partial charge in [0, 0.05) is 25.5 Å². The van der Waals surface area contributed by atoms with Crippen molar-refractivity contribution < 1.29 is 33.8 Å². The van der Waals surface area contributed by atoms with Crippen LogP contribution in [-0.2, 0) is 23.9 Å². The third-order valence-electron chi connectivity index (χ3n) is 5.11. The maximum atomic E-state index is 12.3. The van der Waals surface area contributed by atoms with Crippen molar-refractivity contribution in [3.05, 3.63) is 59.7 Å². The Balaban J connectivity index is 1.48. The molecule has 9 heteroatoms. The number of fused-ring (bicyclic) bond motifs is 3. The summed E-state index contributed by atoms with van der Waals surface area (Å²) in [7, 11) is 1.32. The SMILES string of the molecule is COCC(ONC(=O)CC(C)NC(=O)OCC1c2ccccc2-c2ccccc21)C(=O)O. The molecule has 0 aromatic heterocycles. The lowest BCUT2D eigenvalue weighted by Crippen LogP contribution is -2.41. The molecule has 3 N–H and O–H groups in total. The number of alkyl carbamates (subject to hydrolysis) is 1. The molecule has 0 heterocycles. The van der Waals surface area contributed by atoms with Crippen LogP contribution in [0, 0.1) is 0 Å². The smallest absolute Gasteiger partial charge is 0.407 e. The number of carboxylic acid groups (broad SMARTS) is 1. The van der Waals surface area contributed by atoms with E-state index in [1.807, 2.05) is 36.4 Å². The minimum Gasteiger partial charge on any atom is -0.479 e. The molecule has 32 heavy (non-hydrogen) atoms. The van der Waals surface area contributed by atoms with E-state index in [1.165, 1.54) is 7.11 Å². The Kier molecular flexibility index (Phi) is 7.80. The molecule has 0 aliphatic heterocycles. The van der Waals surface area contributed by atoms with Gasteiger partial charge in [0.15, 0.2) is 0 Å². The maximum Gasteiger partial charge on any atom is 0.407 e. The Hall–Kier alpha value is -3.43. The van der Waals surface area contributed by atoms with Crippen molar-refractivity contribution in [3.63, 3.8) is 0 Å². The van der Waals surface area contributed by atoms with E-state index in [1.54, 1.807) is 6.92 Å². The molecule has 0 bridgehead atoms. The Morgan fingerprint density at radius 2 is 1.62 bits per heavy atom. The molecule has 0 spiro atoms. The highest BCUT2D eigenvalue weighted by Crippen LogP contribution is 2.44. The van der Waals surface area contributed by atoms with Crippen LogP contribution in [0.15, 0.2) is 48.5 Å². The fourth-order valence-corrected chi connectivity index (χ4v) is 3.66. The van der Waals surface area contributed by atoms with Gasteiger partial charge in [0.25, 0.3) is 0 Å². The third kappa shape index (κ3) is 5.63. The molecule has 0 saturated carbocycles. The van der Waals surface area contributed by atoms with Gasteiger partial charge in [0.1, 0.15) is 6.61 Å². The number of nitrogens with one attached hydrogen (secondary N) is 2. The normalized spacial score (nSPS) is 14.1. The number of ether oxygens (including phenoxy) is 2. The van der Waals surface area contributed by atoms with Crippen LogP contribution < -0.4 is 10.8 Å². The van der Waals surface area contributed by atoms with E-state index in [0.717, 1.165) is 22.3 Å². The second-order valence-electron chi connectivity index (χ2n) is 7.50. The summed E-state index contributed by atoms with van der Waals surface area (Å²) in [5, 5.41) is 11.6. The van der Waals surface area contributed by atoms with Crippen LogP contribution in [0.1, 0.15) is 30.4 Å². The van der Waals surface area contributed by atoms with E-state index in [2.05, 4.69) is 22.9 Å². The second kappa shape index (κ2) is 10.7. The molecule has 1 aliphatic carbocycles. The zero-order valence-corrected chi connectivity index (χ0v) is 17.9. The molecule has 3 rings (SSSR count). The lowest BCUT2D eigenvalue weighted by atomic mass is 9.98.